The van der Waals surface area contributed by atoms with Gasteiger partial charge in [-0.05, 0) is 37.3 Å². The minimum absolute atomic E-state index is 0.0239. The van der Waals surface area contributed by atoms with Crippen LogP contribution in [0.25, 0.3) is 10.2 Å². The van der Waals surface area contributed by atoms with Crippen molar-refractivity contribution in [1.82, 2.24) is 14.9 Å². The minimum atomic E-state index is -0.332. The highest BCUT2D eigenvalue weighted by Crippen LogP contribution is 2.27. The summed E-state index contributed by atoms with van der Waals surface area (Å²) >= 11 is 2.92. The number of carbonyl (C=O) groups excluding carboxylic acids is 1. The number of carbonyl (C=O) groups is 1. The molecule has 7 heteroatoms. The molecule has 160 valence electrons. The maximum Gasteiger partial charge on any atom is 0.262 e. The molecule has 30 heavy (non-hydrogen) atoms. The van der Waals surface area contributed by atoms with Crippen LogP contribution < -0.4 is 10.9 Å². The van der Waals surface area contributed by atoms with Gasteiger partial charge < -0.3 is 5.32 Å². The van der Waals surface area contributed by atoms with E-state index in [-0.39, 0.29) is 16.7 Å². The predicted octanol–water partition coefficient (Wildman–Crippen LogP) is 4.52. The van der Waals surface area contributed by atoms with E-state index in [1.807, 2.05) is 31.2 Å². The van der Waals surface area contributed by atoms with Crippen LogP contribution in [0.1, 0.15) is 38.1 Å². The van der Waals surface area contributed by atoms with Gasteiger partial charge in [-0.25, -0.2) is 4.98 Å². The fourth-order valence-corrected chi connectivity index (χ4v) is 5.02. The molecule has 1 aromatic carbocycles. The largest absolute Gasteiger partial charge is 0.355 e. The summed E-state index contributed by atoms with van der Waals surface area (Å²) in [6, 6.07) is 12.1. The fourth-order valence-electron chi connectivity index (χ4n) is 3.05. The molecule has 1 atom stereocenters. The Bertz CT molecular complexity index is 1060. The Kier molecular flexibility index (Phi) is 7.72. The average molecular weight is 444 g/mol. The summed E-state index contributed by atoms with van der Waals surface area (Å²) in [4.78, 5) is 32.5. The molecule has 3 rings (SSSR count). The molecular weight excluding hydrogens is 414 g/mol. The van der Waals surface area contributed by atoms with Crippen molar-refractivity contribution in [2.45, 2.75) is 57.5 Å². The van der Waals surface area contributed by atoms with E-state index in [0.29, 0.717) is 29.6 Å². The van der Waals surface area contributed by atoms with E-state index in [9.17, 15) is 9.59 Å². The highest BCUT2D eigenvalue weighted by molar-refractivity contribution is 8.00. The number of hydrogen-bond acceptors (Lipinski definition) is 5. The molecule has 1 unspecified atom stereocenters. The molecule has 0 spiro atoms. The second-order valence-electron chi connectivity index (χ2n) is 7.77. The van der Waals surface area contributed by atoms with Gasteiger partial charge in [-0.15, -0.1) is 11.3 Å². The van der Waals surface area contributed by atoms with Crippen molar-refractivity contribution in [3.63, 3.8) is 0 Å². The van der Waals surface area contributed by atoms with Gasteiger partial charge in [0.25, 0.3) is 5.56 Å². The number of aryl methyl sites for hydroxylation is 2. The highest BCUT2D eigenvalue weighted by atomic mass is 32.2. The number of rotatable bonds is 9. The van der Waals surface area contributed by atoms with Gasteiger partial charge >= 0.3 is 0 Å². The van der Waals surface area contributed by atoms with E-state index in [1.54, 1.807) is 15.9 Å². The van der Waals surface area contributed by atoms with Crippen molar-refractivity contribution in [1.29, 1.82) is 0 Å². The lowest BCUT2D eigenvalue weighted by Crippen LogP contribution is -2.34. The third-order valence-electron chi connectivity index (χ3n) is 4.82. The topological polar surface area (TPSA) is 64.0 Å². The molecule has 0 saturated heterocycles. The third kappa shape index (κ3) is 5.52. The molecule has 5 nitrogen and oxygen atoms in total. The molecule has 3 aromatic rings. The summed E-state index contributed by atoms with van der Waals surface area (Å²) in [6.45, 7) is 9.25. The van der Waals surface area contributed by atoms with Crippen LogP contribution in [0.5, 0.6) is 0 Å². The van der Waals surface area contributed by atoms with Crippen molar-refractivity contribution in [2.24, 2.45) is 5.92 Å². The Hall–Kier alpha value is -2.12. The van der Waals surface area contributed by atoms with Gasteiger partial charge in [-0.2, -0.15) is 0 Å². The molecular formula is C23H29N3O2S2. The first-order valence-electron chi connectivity index (χ1n) is 10.4. The van der Waals surface area contributed by atoms with Crippen molar-refractivity contribution < 1.29 is 4.79 Å². The van der Waals surface area contributed by atoms with Crippen LogP contribution in [0.4, 0.5) is 0 Å². The second kappa shape index (κ2) is 10.3. The van der Waals surface area contributed by atoms with Crippen molar-refractivity contribution in [2.75, 3.05) is 6.54 Å². The zero-order valence-corrected chi connectivity index (χ0v) is 19.6. The maximum atomic E-state index is 13.3. The molecule has 1 N–H and O–H groups in total. The normalized spacial score (nSPS) is 12.4. The monoisotopic (exact) mass is 443 g/mol. The van der Waals surface area contributed by atoms with Crippen molar-refractivity contribution in [3.05, 3.63) is 57.2 Å². The predicted molar refractivity (Wildman–Crippen MR) is 127 cm³/mol. The number of nitrogens with zero attached hydrogens (tertiary/aromatic N) is 2. The first-order chi connectivity index (χ1) is 14.4. The second-order valence-corrected chi connectivity index (χ2v) is 10.2. The third-order valence-corrected chi connectivity index (χ3v) is 7.08. The van der Waals surface area contributed by atoms with Gasteiger partial charge in [0.15, 0.2) is 5.16 Å². The molecule has 2 heterocycles. The lowest BCUT2D eigenvalue weighted by Gasteiger charge is -2.16. The van der Waals surface area contributed by atoms with Crippen LogP contribution in [0.3, 0.4) is 0 Å². The molecule has 2 aromatic heterocycles. The summed E-state index contributed by atoms with van der Waals surface area (Å²) in [5, 5.41) is 3.92. The quantitative estimate of drug-likeness (QED) is 0.390. The summed E-state index contributed by atoms with van der Waals surface area (Å²) < 4.78 is 1.73. The SMILES string of the molecule is CCc1cc2c(=O)n(CCc3ccccc3)c(SC(C)C(=O)NCC(C)C)nc2s1. The van der Waals surface area contributed by atoms with E-state index >= 15 is 0 Å². The van der Waals surface area contributed by atoms with E-state index < -0.39 is 0 Å². The van der Waals surface area contributed by atoms with Crippen molar-refractivity contribution >= 4 is 39.2 Å². The molecule has 0 aliphatic heterocycles. The van der Waals surface area contributed by atoms with Gasteiger partial charge in [0.2, 0.25) is 5.91 Å². The van der Waals surface area contributed by atoms with Crippen LogP contribution in [0, 0.1) is 5.92 Å². The first kappa shape index (κ1) is 22.6. The number of aromatic nitrogens is 2. The van der Waals surface area contributed by atoms with Gasteiger partial charge in [-0.1, -0.05) is 62.9 Å². The van der Waals surface area contributed by atoms with Gasteiger partial charge in [0, 0.05) is 18.0 Å². The maximum absolute atomic E-state index is 13.3. The molecule has 0 aliphatic carbocycles. The number of amides is 1. The Balaban J connectivity index is 1.91. The van der Waals surface area contributed by atoms with E-state index in [2.05, 4.69) is 38.2 Å². The van der Waals surface area contributed by atoms with Gasteiger partial charge in [-0.3, -0.25) is 14.2 Å². The van der Waals surface area contributed by atoms with Crippen LogP contribution in [-0.4, -0.2) is 27.3 Å². The molecule has 0 fully saturated rings. The van der Waals surface area contributed by atoms with Gasteiger partial charge in [0.1, 0.15) is 4.83 Å². The lowest BCUT2D eigenvalue weighted by molar-refractivity contribution is -0.120. The molecule has 0 radical (unpaired) electrons. The summed E-state index contributed by atoms with van der Waals surface area (Å²) in [6.07, 6.45) is 1.61. The zero-order chi connectivity index (χ0) is 21.7. The zero-order valence-electron chi connectivity index (χ0n) is 18.0. The van der Waals surface area contributed by atoms with Crippen LogP contribution in [0.15, 0.2) is 46.3 Å². The number of fused-ring (bicyclic) bond motifs is 1. The van der Waals surface area contributed by atoms with Crippen LogP contribution in [0.2, 0.25) is 0 Å². The summed E-state index contributed by atoms with van der Waals surface area (Å²) in [5.74, 6) is 0.362. The van der Waals surface area contributed by atoms with Crippen LogP contribution >= 0.6 is 23.1 Å². The Morgan fingerprint density at radius 2 is 1.97 bits per heavy atom. The highest BCUT2D eigenvalue weighted by Gasteiger charge is 2.20. The number of thioether (sulfide) groups is 1. The number of hydrogen-bond donors (Lipinski definition) is 1. The van der Waals surface area contributed by atoms with Crippen LogP contribution in [-0.2, 0) is 24.2 Å². The molecule has 0 saturated carbocycles. The smallest absolute Gasteiger partial charge is 0.262 e. The van der Waals surface area contributed by atoms with E-state index in [4.69, 9.17) is 4.98 Å². The van der Waals surface area contributed by atoms with E-state index in [1.165, 1.54) is 17.3 Å². The Morgan fingerprint density at radius 3 is 2.63 bits per heavy atom. The van der Waals surface area contributed by atoms with Gasteiger partial charge in [0.05, 0.1) is 10.6 Å². The number of benzene rings is 1. The minimum Gasteiger partial charge on any atom is -0.355 e. The first-order valence-corrected chi connectivity index (χ1v) is 12.1. The molecule has 1 amide bonds. The Labute approximate surface area is 185 Å². The van der Waals surface area contributed by atoms with Crippen molar-refractivity contribution in [3.8, 4) is 0 Å². The number of thiophene rings is 1. The van der Waals surface area contributed by atoms with E-state index in [0.717, 1.165) is 22.5 Å². The summed E-state index contributed by atoms with van der Waals surface area (Å²) in [5.41, 5.74) is 1.15. The number of nitrogens with one attached hydrogen (secondary N) is 1. The molecule has 0 aliphatic rings. The fraction of sp³-hybridized carbons (Fsp3) is 0.435. The average Bonchev–Trinajstić information content (AvgIpc) is 3.16. The Morgan fingerprint density at radius 1 is 1.23 bits per heavy atom. The summed E-state index contributed by atoms with van der Waals surface area (Å²) in [7, 11) is 0. The lowest BCUT2D eigenvalue weighted by atomic mass is 10.1. The standard InChI is InChI=1S/C23H29N3O2S2/c1-5-18-13-19-21(30-18)25-23(29-16(4)20(27)24-14-15(2)3)26(22(19)28)12-11-17-9-7-6-8-10-17/h6-10,13,15-16H,5,11-12,14H2,1-4H3,(H,24,27). The molecule has 0 bridgehead atoms.